The van der Waals surface area contributed by atoms with Crippen molar-refractivity contribution in [3.05, 3.63) is 23.8 Å². The van der Waals surface area contributed by atoms with E-state index in [1.807, 2.05) is 0 Å². The Morgan fingerprint density at radius 2 is 1.93 bits per heavy atom. The van der Waals surface area contributed by atoms with Crippen molar-refractivity contribution in [3.8, 4) is 11.5 Å². The second kappa shape index (κ2) is 4.30. The molecule has 0 aromatic heterocycles. The van der Waals surface area contributed by atoms with Gasteiger partial charge in [-0.2, -0.15) is 0 Å². The molecule has 0 aliphatic carbocycles. The summed E-state index contributed by atoms with van der Waals surface area (Å²) in [6.45, 7) is 1.45. The molecule has 0 fully saturated rings. The van der Waals surface area contributed by atoms with Crippen LogP contribution >= 0.6 is 0 Å². The van der Waals surface area contributed by atoms with Crippen molar-refractivity contribution in [2.24, 2.45) is 0 Å². The number of aliphatic hydroxyl groups is 2. The minimum absolute atomic E-state index is 0.0563. The highest BCUT2D eigenvalue weighted by Gasteiger charge is 2.17. The lowest BCUT2D eigenvalue weighted by Gasteiger charge is -2.15. The molecule has 0 spiro atoms. The quantitative estimate of drug-likeness (QED) is 0.672. The van der Waals surface area contributed by atoms with Gasteiger partial charge in [0.2, 0.25) is 0 Å². The van der Waals surface area contributed by atoms with Crippen LogP contribution in [-0.4, -0.2) is 28.5 Å². The Morgan fingerprint density at radius 1 is 1.29 bits per heavy atom. The first-order chi connectivity index (χ1) is 6.56. The van der Waals surface area contributed by atoms with Gasteiger partial charge in [-0.05, 0) is 25.1 Å². The molecule has 4 nitrogen and oxygen atoms in total. The van der Waals surface area contributed by atoms with Crippen molar-refractivity contribution in [1.82, 2.24) is 0 Å². The molecule has 1 aromatic carbocycles. The first-order valence-electron chi connectivity index (χ1n) is 4.29. The highest BCUT2D eigenvalue weighted by Crippen LogP contribution is 2.29. The van der Waals surface area contributed by atoms with E-state index in [0.29, 0.717) is 5.75 Å². The predicted octanol–water partition coefficient (Wildman–Crippen LogP) is 0.815. The number of ether oxygens (including phenoxy) is 1. The molecule has 0 radical (unpaired) electrons. The van der Waals surface area contributed by atoms with Gasteiger partial charge in [0.25, 0.3) is 0 Å². The number of hydrogen-bond acceptors (Lipinski definition) is 4. The Kier molecular flexibility index (Phi) is 3.33. The SMILES string of the molecule is COc1ccc(O)c(C(O)C(C)O)c1. The summed E-state index contributed by atoms with van der Waals surface area (Å²) in [5, 5.41) is 28.1. The second-order valence-electron chi connectivity index (χ2n) is 3.11. The van der Waals surface area contributed by atoms with Crippen LogP contribution in [0.1, 0.15) is 18.6 Å². The zero-order valence-electron chi connectivity index (χ0n) is 8.14. The van der Waals surface area contributed by atoms with Gasteiger partial charge in [0.1, 0.15) is 17.6 Å². The molecular formula is C10H14O4. The van der Waals surface area contributed by atoms with Crippen molar-refractivity contribution < 1.29 is 20.1 Å². The molecule has 1 aromatic rings. The second-order valence-corrected chi connectivity index (χ2v) is 3.11. The molecule has 0 saturated carbocycles. The van der Waals surface area contributed by atoms with Crippen molar-refractivity contribution in [3.63, 3.8) is 0 Å². The van der Waals surface area contributed by atoms with Crippen LogP contribution in [0.5, 0.6) is 11.5 Å². The molecule has 0 saturated heterocycles. The maximum absolute atomic E-state index is 9.53. The van der Waals surface area contributed by atoms with Gasteiger partial charge in [-0.25, -0.2) is 0 Å². The van der Waals surface area contributed by atoms with Gasteiger partial charge >= 0.3 is 0 Å². The van der Waals surface area contributed by atoms with Crippen LogP contribution in [0, 0.1) is 0 Å². The van der Waals surface area contributed by atoms with Crippen LogP contribution in [0.3, 0.4) is 0 Å². The monoisotopic (exact) mass is 198 g/mol. The Labute approximate surface area is 82.4 Å². The zero-order valence-corrected chi connectivity index (χ0v) is 8.14. The van der Waals surface area contributed by atoms with Crippen LogP contribution in [0.4, 0.5) is 0 Å². The third kappa shape index (κ3) is 2.16. The van der Waals surface area contributed by atoms with E-state index in [0.717, 1.165) is 0 Å². The van der Waals surface area contributed by atoms with Gasteiger partial charge in [-0.1, -0.05) is 0 Å². The highest BCUT2D eigenvalue weighted by atomic mass is 16.5. The summed E-state index contributed by atoms with van der Waals surface area (Å²) in [6, 6.07) is 4.49. The number of rotatable bonds is 3. The summed E-state index contributed by atoms with van der Waals surface area (Å²) < 4.78 is 4.94. The third-order valence-electron chi connectivity index (χ3n) is 2.01. The Bertz CT molecular complexity index is 309. The van der Waals surface area contributed by atoms with Crippen LogP contribution in [0.15, 0.2) is 18.2 Å². The van der Waals surface area contributed by atoms with E-state index < -0.39 is 12.2 Å². The lowest BCUT2D eigenvalue weighted by atomic mass is 10.0. The molecule has 0 aliphatic rings. The Morgan fingerprint density at radius 3 is 2.43 bits per heavy atom. The number of aromatic hydroxyl groups is 1. The van der Waals surface area contributed by atoms with Crippen LogP contribution in [0.2, 0.25) is 0 Å². The summed E-state index contributed by atoms with van der Waals surface area (Å²) >= 11 is 0. The molecule has 14 heavy (non-hydrogen) atoms. The van der Waals surface area contributed by atoms with Crippen molar-refractivity contribution in [2.75, 3.05) is 7.11 Å². The molecular weight excluding hydrogens is 184 g/mol. The van der Waals surface area contributed by atoms with Gasteiger partial charge in [0.05, 0.1) is 13.2 Å². The first-order valence-corrected chi connectivity index (χ1v) is 4.29. The van der Waals surface area contributed by atoms with Crippen LogP contribution < -0.4 is 4.74 Å². The fourth-order valence-electron chi connectivity index (χ4n) is 1.16. The lowest BCUT2D eigenvalue weighted by Crippen LogP contribution is -2.13. The summed E-state index contributed by atoms with van der Waals surface area (Å²) in [5.74, 6) is 0.469. The lowest BCUT2D eigenvalue weighted by molar-refractivity contribution is 0.0289. The summed E-state index contributed by atoms with van der Waals surface area (Å²) in [5.41, 5.74) is 0.263. The minimum atomic E-state index is -1.11. The van der Waals surface area contributed by atoms with Gasteiger partial charge in [0.15, 0.2) is 0 Å². The molecule has 0 bridgehead atoms. The summed E-state index contributed by atoms with van der Waals surface area (Å²) in [4.78, 5) is 0. The number of phenolic OH excluding ortho intramolecular Hbond substituents is 1. The van der Waals surface area contributed by atoms with Gasteiger partial charge < -0.3 is 20.1 Å². The number of methoxy groups -OCH3 is 1. The smallest absolute Gasteiger partial charge is 0.121 e. The fraction of sp³-hybridized carbons (Fsp3) is 0.400. The van der Waals surface area contributed by atoms with Crippen LogP contribution in [-0.2, 0) is 0 Å². The number of benzene rings is 1. The van der Waals surface area contributed by atoms with Gasteiger partial charge in [-0.3, -0.25) is 0 Å². The van der Waals surface area contributed by atoms with Gasteiger partial charge in [-0.15, -0.1) is 0 Å². The molecule has 0 aliphatic heterocycles. The maximum atomic E-state index is 9.53. The third-order valence-corrected chi connectivity index (χ3v) is 2.01. The molecule has 2 unspecified atom stereocenters. The standard InChI is InChI=1S/C10H14O4/c1-6(11)10(13)8-5-7(14-2)3-4-9(8)12/h3-6,10-13H,1-2H3. The number of hydrogen-bond donors (Lipinski definition) is 3. The van der Waals surface area contributed by atoms with E-state index in [-0.39, 0.29) is 11.3 Å². The number of aliphatic hydroxyl groups excluding tert-OH is 2. The van der Waals surface area contributed by atoms with Crippen molar-refractivity contribution in [2.45, 2.75) is 19.1 Å². The zero-order chi connectivity index (χ0) is 10.7. The average Bonchev–Trinajstić information content (AvgIpc) is 2.17. The van der Waals surface area contributed by atoms with E-state index in [1.165, 1.54) is 26.2 Å². The molecule has 2 atom stereocenters. The minimum Gasteiger partial charge on any atom is -0.508 e. The molecule has 1 rings (SSSR count). The maximum Gasteiger partial charge on any atom is 0.121 e. The normalized spacial score (nSPS) is 14.9. The number of phenols is 1. The Balaban J connectivity index is 3.05. The van der Waals surface area contributed by atoms with E-state index in [1.54, 1.807) is 6.07 Å². The van der Waals surface area contributed by atoms with E-state index in [4.69, 9.17) is 9.84 Å². The Hall–Kier alpha value is -1.26. The topological polar surface area (TPSA) is 69.9 Å². The van der Waals surface area contributed by atoms with Crippen molar-refractivity contribution >= 4 is 0 Å². The highest BCUT2D eigenvalue weighted by molar-refractivity contribution is 5.40. The van der Waals surface area contributed by atoms with Crippen LogP contribution in [0.25, 0.3) is 0 Å². The molecule has 4 heteroatoms. The van der Waals surface area contributed by atoms with E-state index >= 15 is 0 Å². The van der Waals surface area contributed by atoms with E-state index in [2.05, 4.69) is 0 Å². The van der Waals surface area contributed by atoms with E-state index in [9.17, 15) is 10.2 Å². The predicted molar refractivity (Wildman–Crippen MR) is 51.3 cm³/mol. The van der Waals surface area contributed by atoms with Crippen molar-refractivity contribution in [1.29, 1.82) is 0 Å². The van der Waals surface area contributed by atoms with Gasteiger partial charge in [0, 0.05) is 5.56 Å². The largest absolute Gasteiger partial charge is 0.508 e. The first kappa shape index (κ1) is 10.8. The summed E-state index contributed by atoms with van der Waals surface area (Å²) in [7, 11) is 1.49. The fourth-order valence-corrected chi connectivity index (χ4v) is 1.16. The molecule has 0 amide bonds. The average molecular weight is 198 g/mol. The summed E-state index contributed by atoms with van der Waals surface area (Å²) in [6.07, 6.45) is -2.04. The molecule has 3 N–H and O–H groups in total. The molecule has 0 heterocycles. The molecule has 78 valence electrons.